The largest absolute Gasteiger partial charge is 0.481 e. The van der Waals surface area contributed by atoms with Crippen LogP contribution in [0, 0.1) is 10.8 Å². The summed E-state index contributed by atoms with van der Waals surface area (Å²) in [6.07, 6.45) is 0.525. The van der Waals surface area contributed by atoms with Crippen molar-refractivity contribution in [1.29, 1.82) is 10.8 Å². The maximum atomic E-state index is 12.9. The van der Waals surface area contributed by atoms with E-state index in [1.54, 1.807) is 0 Å². The molecule has 3 amide bonds. The molecule has 12 N–H and O–H groups in total. The number of carboxylic acid groups (broad SMARTS) is 1. The number of hydrogen-bond donors (Lipinski definition) is 10. The molecular weight excluding hydrogens is 462 g/mol. The Bertz CT molecular complexity index is 789. The van der Waals surface area contributed by atoms with E-state index in [-0.39, 0.29) is 43.5 Å². The van der Waals surface area contributed by atoms with Crippen LogP contribution in [0.3, 0.4) is 0 Å². The number of carbonyl (C=O) groups excluding carboxylic acids is 4. The topological polar surface area (TPSA) is 265 Å². The smallest absolute Gasteiger partial charge is 0.303 e. The lowest BCUT2D eigenvalue weighted by Crippen LogP contribution is -2.55. The molecule has 15 heteroatoms. The first-order chi connectivity index (χ1) is 16.3. The normalized spacial score (nSPS) is 12.9. The van der Waals surface area contributed by atoms with Crippen molar-refractivity contribution in [3.63, 3.8) is 0 Å². The first kappa shape index (κ1) is 31.1. The summed E-state index contributed by atoms with van der Waals surface area (Å²) in [6, 6.07) is -3.16. The Balaban J connectivity index is 5.29. The van der Waals surface area contributed by atoms with E-state index in [0.29, 0.717) is 19.4 Å². The number of guanidine groups is 2. The van der Waals surface area contributed by atoms with Gasteiger partial charge in [0, 0.05) is 26.4 Å². The van der Waals surface area contributed by atoms with Gasteiger partial charge in [-0.3, -0.25) is 34.8 Å². The number of carbonyl (C=O) groups is 5. The van der Waals surface area contributed by atoms with Gasteiger partial charge < -0.3 is 43.2 Å². The first-order valence-electron chi connectivity index (χ1n) is 11.1. The van der Waals surface area contributed by atoms with Gasteiger partial charge in [0.25, 0.3) is 0 Å². The molecule has 0 fully saturated rings. The Morgan fingerprint density at radius 1 is 0.743 bits per heavy atom. The fraction of sp³-hybridized carbons (Fsp3) is 0.650. The molecule has 35 heavy (non-hydrogen) atoms. The number of aliphatic carboxylic acids is 1. The number of nitrogens with two attached hydrogens (primary N) is 2. The van der Waals surface area contributed by atoms with Gasteiger partial charge in [-0.25, -0.2) is 0 Å². The van der Waals surface area contributed by atoms with Crippen LogP contribution in [-0.2, 0) is 24.0 Å². The van der Waals surface area contributed by atoms with Crippen molar-refractivity contribution >= 4 is 41.4 Å². The molecule has 0 heterocycles. The fourth-order valence-corrected chi connectivity index (χ4v) is 3.03. The minimum atomic E-state index is -1.26. The average molecular weight is 500 g/mol. The second-order valence-corrected chi connectivity index (χ2v) is 7.88. The highest BCUT2D eigenvalue weighted by atomic mass is 16.4. The van der Waals surface area contributed by atoms with E-state index in [0.717, 1.165) is 0 Å². The SMILES string of the molecule is CC(=O)NC(CCCNC(=N)N)C(=O)NC(CCC(=O)O)C(=O)N[C@@H](CCCNC(=N)N)C(C)=O. The lowest BCUT2D eigenvalue weighted by Gasteiger charge is -2.24. The molecule has 0 saturated heterocycles. The predicted molar refractivity (Wildman–Crippen MR) is 127 cm³/mol. The van der Waals surface area contributed by atoms with E-state index in [2.05, 4.69) is 26.6 Å². The molecule has 0 spiro atoms. The number of nitrogens with one attached hydrogen (secondary N) is 7. The van der Waals surface area contributed by atoms with Gasteiger partial charge >= 0.3 is 5.97 Å². The van der Waals surface area contributed by atoms with Crippen molar-refractivity contribution in [3.05, 3.63) is 0 Å². The molecular formula is C20H37N9O6. The van der Waals surface area contributed by atoms with Crippen LogP contribution >= 0.6 is 0 Å². The second kappa shape index (κ2) is 16.7. The second-order valence-electron chi connectivity index (χ2n) is 7.88. The standard InChI is InChI=1S/C20H37N9O6/c1-11(30)13(5-3-9-25-19(21)22)28-18(35)15(7-8-16(32)33)29-17(34)14(27-12(2)31)6-4-10-26-20(23)24/h13-15H,3-10H2,1-2H3,(H,27,31)(H,28,35)(H,29,34)(H,32,33)(H4,21,22,25)(H4,23,24,26)/t13-,14?,15?/m0/s1. The molecule has 0 aliphatic carbocycles. The summed E-state index contributed by atoms with van der Waals surface area (Å²) in [5, 5.41) is 35.9. The van der Waals surface area contributed by atoms with Gasteiger partial charge in [0.2, 0.25) is 17.7 Å². The summed E-state index contributed by atoms with van der Waals surface area (Å²) < 4.78 is 0. The van der Waals surface area contributed by atoms with Crippen LogP contribution in [0.4, 0.5) is 0 Å². The Hall–Kier alpha value is -3.91. The van der Waals surface area contributed by atoms with Gasteiger partial charge in [0.1, 0.15) is 12.1 Å². The van der Waals surface area contributed by atoms with Crippen molar-refractivity contribution in [3.8, 4) is 0 Å². The Morgan fingerprint density at radius 3 is 1.57 bits per heavy atom. The number of carboxylic acids is 1. The third kappa shape index (κ3) is 15.5. The number of Topliss-reactive ketones (excluding diaryl/α,β-unsaturated/α-hetero) is 1. The lowest BCUT2D eigenvalue weighted by molar-refractivity contribution is -0.138. The lowest BCUT2D eigenvalue weighted by atomic mass is 10.0. The Labute approximate surface area is 203 Å². The van der Waals surface area contributed by atoms with Crippen LogP contribution in [0.5, 0.6) is 0 Å². The molecule has 15 nitrogen and oxygen atoms in total. The van der Waals surface area contributed by atoms with Crippen molar-refractivity contribution in [2.75, 3.05) is 13.1 Å². The molecule has 2 unspecified atom stereocenters. The van der Waals surface area contributed by atoms with Crippen LogP contribution in [0.15, 0.2) is 0 Å². The van der Waals surface area contributed by atoms with Gasteiger partial charge in [-0.05, 0) is 39.0 Å². The van der Waals surface area contributed by atoms with Crippen LogP contribution in [0.25, 0.3) is 0 Å². The van der Waals surface area contributed by atoms with E-state index in [4.69, 9.17) is 27.4 Å². The zero-order valence-corrected chi connectivity index (χ0v) is 20.0. The number of ketones is 1. The van der Waals surface area contributed by atoms with Gasteiger partial charge in [-0.1, -0.05) is 0 Å². The first-order valence-corrected chi connectivity index (χ1v) is 11.1. The van der Waals surface area contributed by atoms with E-state index >= 15 is 0 Å². The van der Waals surface area contributed by atoms with Crippen molar-refractivity contribution in [2.45, 2.75) is 70.5 Å². The summed E-state index contributed by atoms with van der Waals surface area (Å²) in [7, 11) is 0. The van der Waals surface area contributed by atoms with Crippen molar-refractivity contribution in [2.24, 2.45) is 11.5 Å². The average Bonchev–Trinajstić information content (AvgIpc) is 2.74. The van der Waals surface area contributed by atoms with Crippen LogP contribution in [0.2, 0.25) is 0 Å². The van der Waals surface area contributed by atoms with Crippen molar-refractivity contribution < 1.29 is 29.1 Å². The minimum Gasteiger partial charge on any atom is -0.481 e. The number of rotatable bonds is 17. The molecule has 0 aromatic heterocycles. The van der Waals surface area contributed by atoms with E-state index < -0.39 is 48.2 Å². The van der Waals surface area contributed by atoms with Crippen LogP contribution in [0.1, 0.15) is 52.4 Å². The highest BCUT2D eigenvalue weighted by Crippen LogP contribution is 2.05. The summed E-state index contributed by atoms with van der Waals surface area (Å²) in [6.45, 7) is 3.10. The van der Waals surface area contributed by atoms with Crippen molar-refractivity contribution in [1.82, 2.24) is 26.6 Å². The third-order valence-electron chi connectivity index (χ3n) is 4.75. The maximum Gasteiger partial charge on any atom is 0.303 e. The van der Waals surface area contributed by atoms with E-state index in [1.807, 2.05) is 0 Å². The van der Waals surface area contributed by atoms with Crippen LogP contribution < -0.4 is 38.1 Å². The zero-order chi connectivity index (χ0) is 27.0. The number of hydrogen-bond acceptors (Lipinski definition) is 7. The van der Waals surface area contributed by atoms with E-state index in [9.17, 15) is 24.0 Å². The van der Waals surface area contributed by atoms with Gasteiger partial charge in [0.15, 0.2) is 17.7 Å². The fourth-order valence-electron chi connectivity index (χ4n) is 3.03. The molecule has 198 valence electrons. The Morgan fingerprint density at radius 2 is 1.17 bits per heavy atom. The molecule has 3 atom stereocenters. The Kier molecular flexibility index (Phi) is 14.8. The molecule has 0 rings (SSSR count). The maximum absolute atomic E-state index is 12.9. The highest BCUT2D eigenvalue weighted by molar-refractivity contribution is 5.94. The third-order valence-corrected chi connectivity index (χ3v) is 4.75. The molecule has 0 bridgehead atoms. The van der Waals surface area contributed by atoms with E-state index in [1.165, 1.54) is 13.8 Å². The summed E-state index contributed by atoms with van der Waals surface area (Å²) in [5.74, 6) is -3.89. The number of amides is 3. The summed E-state index contributed by atoms with van der Waals surface area (Å²) in [5.41, 5.74) is 10.4. The molecule has 0 radical (unpaired) electrons. The summed E-state index contributed by atoms with van der Waals surface area (Å²) in [4.78, 5) is 60.2. The minimum absolute atomic E-state index is 0.165. The molecule has 0 aliphatic heterocycles. The molecule has 0 aliphatic rings. The van der Waals surface area contributed by atoms with Gasteiger partial charge in [0.05, 0.1) is 6.04 Å². The quantitative estimate of drug-likeness (QED) is 0.0568. The van der Waals surface area contributed by atoms with Crippen LogP contribution in [-0.4, -0.2) is 77.7 Å². The molecule has 0 aromatic carbocycles. The highest BCUT2D eigenvalue weighted by Gasteiger charge is 2.28. The molecule has 0 saturated carbocycles. The zero-order valence-electron chi connectivity index (χ0n) is 20.0. The monoisotopic (exact) mass is 499 g/mol. The predicted octanol–water partition coefficient (Wildman–Crippen LogP) is -2.56. The summed E-state index contributed by atoms with van der Waals surface area (Å²) >= 11 is 0. The van der Waals surface area contributed by atoms with Gasteiger partial charge in [-0.15, -0.1) is 0 Å². The molecule has 0 aromatic rings. The van der Waals surface area contributed by atoms with Gasteiger partial charge in [-0.2, -0.15) is 0 Å².